The van der Waals surface area contributed by atoms with Crippen molar-refractivity contribution in [3.63, 3.8) is 0 Å². The highest BCUT2D eigenvalue weighted by molar-refractivity contribution is 5.63. The minimum atomic E-state index is -0.257. The van der Waals surface area contributed by atoms with Crippen molar-refractivity contribution in [2.45, 2.75) is 25.3 Å². The summed E-state index contributed by atoms with van der Waals surface area (Å²) in [6.45, 7) is 3.95. The molecule has 0 bridgehead atoms. The van der Waals surface area contributed by atoms with E-state index in [-0.39, 0.29) is 5.82 Å². The lowest BCUT2D eigenvalue weighted by Crippen LogP contribution is -2.55. The number of hydrogen-bond donors (Lipinski definition) is 1. The highest BCUT2D eigenvalue weighted by Crippen LogP contribution is 2.33. The number of fused-ring (bicyclic) bond motifs is 1. The normalized spacial score (nSPS) is 23.5. The van der Waals surface area contributed by atoms with Gasteiger partial charge in [-0.2, -0.15) is 0 Å². The number of rotatable bonds is 2. The third-order valence-electron chi connectivity index (χ3n) is 4.48. The van der Waals surface area contributed by atoms with Crippen LogP contribution in [0.4, 0.5) is 15.8 Å². The number of piperidine rings is 1. The highest BCUT2D eigenvalue weighted by Gasteiger charge is 2.30. The molecule has 0 spiro atoms. The summed E-state index contributed by atoms with van der Waals surface area (Å²) in [7, 11) is 1.56. The Morgan fingerprint density at radius 3 is 2.90 bits per heavy atom. The van der Waals surface area contributed by atoms with Crippen LogP contribution in [-0.4, -0.2) is 44.2 Å². The van der Waals surface area contributed by atoms with Crippen LogP contribution in [0.15, 0.2) is 12.1 Å². The molecule has 2 N–H and O–H groups in total. The third-order valence-corrected chi connectivity index (χ3v) is 4.48. The van der Waals surface area contributed by atoms with Crippen LogP contribution in [0.5, 0.6) is 5.75 Å². The van der Waals surface area contributed by atoms with Gasteiger partial charge < -0.3 is 15.4 Å². The number of anilines is 2. The molecule has 0 amide bonds. The fraction of sp³-hybridized carbons (Fsp3) is 0.600. The topological polar surface area (TPSA) is 41.7 Å². The van der Waals surface area contributed by atoms with E-state index in [4.69, 9.17) is 10.5 Å². The molecule has 2 aliphatic heterocycles. The quantitative estimate of drug-likeness (QED) is 0.842. The Kier molecular flexibility index (Phi) is 3.70. The summed E-state index contributed by atoms with van der Waals surface area (Å²) < 4.78 is 19.4. The second-order valence-corrected chi connectivity index (χ2v) is 5.68. The van der Waals surface area contributed by atoms with Gasteiger partial charge in [0.15, 0.2) is 0 Å². The number of hydrogen-bond acceptors (Lipinski definition) is 4. The summed E-state index contributed by atoms with van der Waals surface area (Å²) in [4.78, 5) is 4.66. The van der Waals surface area contributed by atoms with Gasteiger partial charge in [0.05, 0.1) is 18.5 Å². The second-order valence-electron chi connectivity index (χ2n) is 5.68. The molecule has 0 saturated carbocycles. The largest absolute Gasteiger partial charge is 0.495 e. The smallest absolute Gasteiger partial charge is 0.148 e. The Morgan fingerprint density at radius 1 is 1.25 bits per heavy atom. The van der Waals surface area contributed by atoms with Crippen LogP contribution in [0, 0.1) is 5.82 Å². The van der Waals surface area contributed by atoms with E-state index in [0.29, 0.717) is 23.2 Å². The maximum absolute atomic E-state index is 14.2. The average Bonchev–Trinajstić information content (AvgIpc) is 2.47. The number of nitrogens with two attached hydrogens (primary N) is 1. The zero-order chi connectivity index (χ0) is 14.1. The van der Waals surface area contributed by atoms with Gasteiger partial charge in [0, 0.05) is 37.8 Å². The van der Waals surface area contributed by atoms with Crippen LogP contribution in [0.1, 0.15) is 19.3 Å². The van der Waals surface area contributed by atoms with E-state index in [1.54, 1.807) is 13.2 Å². The van der Waals surface area contributed by atoms with Crippen LogP contribution in [-0.2, 0) is 0 Å². The maximum Gasteiger partial charge on any atom is 0.148 e. The zero-order valence-corrected chi connectivity index (χ0v) is 11.9. The lowest BCUT2D eigenvalue weighted by Gasteiger charge is -2.45. The van der Waals surface area contributed by atoms with E-state index in [9.17, 15) is 4.39 Å². The van der Waals surface area contributed by atoms with E-state index in [1.165, 1.54) is 31.9 Å². The summed E-state index contributed by atoms with van der Waals surface area (Å²) in [5, 5.41) is 0. The first kappa shape index (κ1) is 13.5. The van der Waals surface area contributed by atoms with Crippen molar-refractivity contribution < 1.29 is 9.13 Å². The molecule has 1 atom stereocenters. The van der Waals surface area contributed by atoms with Crippen molar-refractivity contribution in [1.29, 1.82) is 0 Å². The molecule has 2 fully saturated rings. The van der Waals surface area contributed by atoms with Crippen molar-refractivity contribution >= 4 is 11.4 Å². The Balaban J connectivity index is 1.82. The molecule has 5 heteroatoms. The van der Waals surface area contributed by atoms with Crippen molar-refractivity contribution in [3.8, 4) is 5.75 Å². The highest BCUT2D eigenvalue weighted by atomic mass is 19.1. The van der Waals surface area contributed by atoms with Crippen molar-refractivity contribution in [1.82, 2.24) is 4.90 Å². The molecule has 1 aromatic carbocycles. The lowest BCUT2D eigenvalue weighted by atomic mass is 9.99. The predicted octanol–water partition coefficient (Wildman–Crippen LogP) is 2.09. The summed E-state index contributed by atoms with van der Waals surface area (Å²) >= 11 is 0. The van der Waals surface area contributed by atoms with E-state index in [2.05, 4.69) is 9.80 Å². The first-order valence-electron chi connectivity index (χ1n) is 7.31. The first-order valence-corrected chi connectivity index (χ1v) is 7.31. The average molecular weight is 279 g/mol. The zero-order valence-electron chi connectivity index (χ0n) is 11.9. The summed E-state index contributed by atoms with van der Waals surface area (Å²) in [6.07, 6.45) is 3.79. The van der Waals surface area contributed by atoms with Gasteiger partial charge in [-0.3, -0.25) is 4.90 Å². The van der Waals surface area contributed by atoms with Gasteiger partial charge >= 0.3 is 0 Å². The molecule has 20 heavy (non-hydrogen) atoms. The van der Waals surface area contributed by atoms with E-state index in [1.807, 2.05) is 0 Å². The van der Waals surface area contributed by atoms with E-state index in [0.717, 1.165) is 19.6 Å². The van der Waals surface area contributed by atoms with Crippen LogP contribution < -0.4 is 15.4 Å². The molecule has 3 rings (SSSR count). The monoisotopic (exact) mass is 279 g/mol. The number of piperazine rings is 1. The van der Waals surface area contributed by atoms with Crippen molar-refractivity contribution in [2.75, 3.05) is 43.9 Å². The Morgan fingerprint density at radius 2 is 2.10 bits per heavy atom. The Hall–Kier alpha value is -1.49. The van der Waals surface area contributed by atoms with Crippen molar-refractivity contribution in [3.05, 3.63) is 17.9 Å². The minimum absolute atomic E-state index is 0.257. The molecule has 2 saturated heterocycles. The van der Waals surface area contributed by atoms with Gasteiger partial charge in [-0.05, 0) is 19.4 Å². The van der Waals surface area contributed by atoms with Crippen LogP contribution in [0.3, 0.4) is 0 Å². The number of nitrogen functional groups attached to an aromatic ring is 1. The van der Waals surface area contributed by atoms with Gasteiger partial charge in [-0.25, -0.2) is 4.39 Å². The van der Waals surface area contributed by atoms with Crippen LogP contribution in [0.2, 0.25) is 0 Å². The molecule has 1 aromatic rings. The number of ether oxygens (including phenoxy) is 1. The van der Waals surface area contributed by atoms with Gasteiger partial charge in [0.1, 0.15) is 11.6 Å². The molecular weight excluding hydrogens is 257 g/mol. The molecule has 0 aliphatic carbocycles. The van der Waals surface area contributed by atoms with Crippen LogP contribution in [0.25, 0.3) is 0 Å². The summed E-state index contributed by atoms with van der Waals surface area (Å²) in [5.41, 5.74) is 6.71. The molecule has 4 nitrogen and oxygen atoms in total. The lowest BCUT2D eigenvalue weighted by molar-refractivity contribution is 0.133. The number of nitrogens with zero attached hydrogens (tertiary/aromatic N) is 2. The standard InChI is InChI=1S/C15H22FN3O/c1-20-15-9-14(12(16)8-13(15)17)19-7-6-18-5-3-2-4-11(18)10-19/h8-9,11H,2-7,10,17H2,1H3. The second kappa shape index (κ2) is 5.48. The fourth-order valence-electron chi connectivity index (χ4n) is 3.35. The molecule has 1 unspecified atom stereocenters. The fourth-order valence-corrected chi connectivity index (χ4v) is 3.35. The SMILES string of the molecule is COc1cc(N2CCN3CCCCC3C2)c(F)cc1N. The summed E-state index contributed by atoms with van der Waals surface area (Å²) in [5.74, 6) is 0.292. The Labute approximate surface area is 119 Å². The number of methoxy groups -OCH3 is 1. The number of benzene rings is 1. The molecule has 2 heterocycles. The molecule has 2 aliphatic rings. The van der Waals surface area contributed by atoms with Crippen LogP contribution >= 0.6 is 0 Å². The predicted molar refractivity (Wildman–Crippen MR) is 78.8 cm³/mol. The Bertz CT molecular complexity index is 494. The molecule has 0 radical (unpaired) electrons. The number of halogens is 1. The maximum atomic E-state index is 14.2. The third kappa shape index (κ3) is 2.42. The van der Waals surface area contributed by atoms with Gasteiger partial charge in [0.25, 0.3) is 0 Å². The molecule has 0 aromatic heterocycles. The molecule has 110 valence electrons. The summed E-state index contributed by atoms with van der Waals surface area (Å²) in [6, 6.07) is 3.64. The first-order chi connectivity index (χ1) is 9.69. The molecular formula is C15H22FN3O. The van der Waals surface area contributed by atoms with Gasteiger partial charge in [-0.15, -0.1) is 0 Å². The van der Waals surface area contributed by atoms with Crippen molar-refractivity contribution in [2.24, 2.45) is 0 Å². The van der Waals surface area contributed by atoms with E-state index >= 15 is 0 Å². The van der Waals surface area contributed by atoms with Gasteiger partial charge in [0.2, 0.25) is 0 Å². The van der Waals surface area contributed by atoms with Gasteiger partial charge in [-0.1, -0.05) is 6.42 Å². The van der Waals surface area contributed by atoms with E-state index < -0.39 is 0 Å². The minimum Gasteiger partial charge on any atom is -0.495 e.